The fourth-order valence-electron chi connectivity index (χ4n) is 2.85. The van der Waals surface area contributed by atoms with Crippen molar-refractivity contribution in [3.8, 4) is 0 Å². The maximum absolute atomic E-state index is 12.5. The summed E-state index contributed by atoms with van der Waals surface area (Å²) in [6, 6.07) is 7.35. The first-order chi connectivity index (χ1) is 11.4. The summed E-state index contributed by atoms with van der Waals surface area (Å²) in [6.07, 6.45) is 0.651. The van der Waals surface area contributed by atoms with Crippen LogP contribution in [-0.4, -0.2) is 49.0 Å². The molecule has 1 aliphatic rings. The Kier molecular flexibility index (Phi) is 4.89. The van der Waals surface area contributed by atoms with Crippen molar-refractivity contribution in [2.45, 2.75) is 13.3 Å². The average Bonchev–Trinajstić information content (AvgIpc) is 2.85. The minimum atomic E-state index is -3.13. The molecule has 2 aromatic rings. The van der Waals surface area contributed by atoms with Crippen LogP contribution >= 0.6 is 15.9 Å². The molecule has 1 fully saturated rings. The highest BCUT2D eigenvalue weighted by molar-refractivity contribution is 9.10. The highest BCUT2D eigenvalue weighted by atomic mass is 79.9. The first kappa shape index (κ1) is 17.3. The molecule has 24 heavy (non-hydrogen) atoms. The smallest absolute Gasteiger partial charge is 0.252 e. The van der Waals surface area contributed by atoms with Gasteiger partial charge in [-0.2, -0.15) is 0 Å². The summed E-state index contributed by atoms with van der Waals surface area (Å²) in [7, 11) is -3.13. The molecule has 3 rings (SSSR count). The lowest BCUT2D eigenvalue weighted by atomic mass is 10.1. The predicted molar refractivity (Wildman–Crippen MR) is 96.5 cm³/mol. The number of hydrogen-bond acceptors (Lipinski definition) is 4. The van der Waals surface area contributed by atoms with Crippen molar-refractivity contribution in [1.82, 2.24) is 14.6 Å². The summed E-state index contributed by atoms with van der Waals surface area (Å²) < 4.78 is 25.8. The van der Waals surface area contributed by atoms with Crippen LogP contribution in [0, 0.1) is 6.92 Å². The second-order valence-electron chi connectivity index (χ2n) is 5.80. The maximum atomic E-state index is 12.5. The zero-order chi connectivity index (χ0) is 17.3. The Morgan fingerprint density at radius 2 is 2.17 bits per heavy atom. The molecule has 0 radical (unpaired) electrons. The molecule has 0 aliphatic carbocycles. The van der Waals surface area contributed by atoms with E-state index in [-0.39, 0.29) is 18.2 Å². The van der Waals surface area contributed by atoms with E-state index in [1.807, 2.05) is 25.1 Å². The van der Waals surface area contributed by atoms with Gasteiger partial charge >= 0.3 is 0 Å². The SMILES string of the molecule is Cc1cc(C(=O)NCCN2CCCS2(=O)=O)c2cc(Br)ccc2n1. The minimum Gasteiger partial charge on any atom is -0.351 e. The van der Waals surface area contributed by atoms with Crippen LogP contribution in [0.4, 0.5) is 0 Å². The zero-order valence-corrected chi connectivity index (χ0v) is 15.7. The monoisotopic (exact) mass is 411 g/mol. The van der Waals surface area contributed by atoms with Crippen LogP contribution < -0.4 is 5.32 Å². The molecule has 0 saturated carbocycles. The number of nitrogens with zero attached hydrogens (tertiary/aromatic N) is 2. The van der Waals surface area contributed by atoms with Gasteiger partial charge in [0.15, 0.2) is 0 Å². The molecule has 1 amide bonds. The minimum absolute atomic E-state index is 0.198. The standard InChI is InChI=1S/C16H18BrN3O3S/c1-11-9-14(13-10-12(17)3-4-15(13)19-11)16(21)18-5-7-20-6-2-8-24(20,22)23/h3-4,9-10H,2,5-8H2,1H3,(H,18,21). The number of pyridine rings is 1. The fraction of sp³-hybridized carbons (Fsp3) is 0.375. The molecule has 1 N–H and O–H groups in total. The molecular weight excluding hydrogens is 394 g/mol. The summed E-state index contributed by atoms with van der Waals surface area (Å²) in [5, 5.41) is 3.58. The second kappa shape index (κ2) is 6.78. The third-order valence-corrected chi connectivity index (χ3v) is 6.44. The van der Waals surface area contributed by atoms with E-state index in [9.17, 15) is 13.2 Å². The lowest BCUT2D eigenvalue weighted by molar-refractivity contribution is 0.0953. The van der Waals surface area contributed by atoms with Crippen molar-refractivity contribution in [2.75, 3.05) is 25.4 Å². The van der Waals surface area contributed by atoms with E-state index in [0.717, 1.165) is 21.1 Å². The van der Waals surface area contributed by atoms with E-state index in [2.05, 4.69) is 26.2 Å². The van der Waals surface area contributed by atoms with Gasteiger partial charge < -0.3 is 5.32 Å². The summed E-state index contributed by atoms with van der Waals surface area (Å²) in [5.74, 6) is -0.0245. The number of benzene rings is 1. The van der Waals surface area contributed by atoms with Crippen LogP contribution in [0.15, 0.2) is 28.7 Å². The van der Waals surface area contributed by atoms with Gasteiger partial charge in [0.25, 0.3) is 5.91 Å². The fourth-order valence-corrected chi connectivity index (χ4v) is 4.74. The molecule has 0 atom stereocenters. The summed E-state index contributed by atoms with van der Waals surface area (Å²) in [6.45, 7) is 2.96. The molecular formula is C16H18BrN3O3S. The topological polar surface area (TPSA) is 79.4 Å². The lowest BCUT2D eigenvalue weighted by Gasteiger charge is -2.15. The van der Waals surface area contributed by atoms with E-state index in [1.165, 1.54) is 4.31 Å². The molecule has 1 aliphatic heterocycles. The molecule has 1 aromatic heterocycles. The van der Waals surface area contributed by atoms with E-state index >= 15 is 0 Å². The number of carbonyl (C=O) groups excluding carboxylic acids is 1. The van der Waals surface area contributed by atoms with Crippen molar-refractivity contribution in [2.24, 2.45) is 0 Å². The Labute approximate surface area is 149 Å². The number of carbonyl (C=O) groups is 1. The number of aromatic nitrogens is 1. The third-order valence-electron chi connectivity index (χ3n) is 3.99. The Morgan fingerprint density at radius 1 is 1.38 bits per heavy atom. The number of halogens is 1. The maximum Gasteiger partial charge on any atom is 0.252 e. The average molecular weight is 412 g/mol. The molecule has 128 valence electrons. The van der Waals surface area contributed by atoms with Crippen molar-refractivity contribution >= 4 is 42.8 Å². The van der Waals surface area contributed by atoms with Gasteiger partial charge in [-0.3, -0.25) is 9.78 Å². The van der Waals surface area contributed by atoms with Crippen molar-refractivity contribution in [3.63, 3.8) is 0 Å². The molecule has 6 nitrogen and oxygen atoms in total. The van der Waals surface area contributed by atoms with Gasteiger partial charge in [0.1, 0.15) is 0 Å². The second-order valence-corrected chi connectivity index (χ2v) is 8.80. The predicted octanol–water partition coefficient (Wildman–Crippen LogP) is 2.07. The summed E-state index contributed by atoms with van der Waals surface area (Å²) >= 11 is 3.41. The van der Waals surface area contributed by atoms with Crippen LogP contribution in [0.2, 0.25) is 0 Å². The molecule has 1 aromatic carbocycles. The van der Waals surface area contributed by atoms with E-state index in [0.29, 0.717) is 25.1 Å². The number of nitrogens with one attached hydrogen (secondary N) is 1. The summed E-state index contributed by atoms with van der Waals surface area (Å²) in [4.78, 5) is 17.0. The van der Waals surface area contributed by atoms with Crippen LogP contribution in [0.25, 0.3) is 10.9 Å². The van der Waals surface area contributed by atoms with Crippen molar-refractivity contribution in [3.05, 3.63) is 40.0 Å². The van der Waals surface area contributed by atoms with Gasteiger partial charge in [0.2, 0.25) is 10.0 Å². The van der Waals surface area contributed by atoms with Gasteiger partial charge in [-0.15, -0.1) is 0 Å². The summed E-state index contributed by atoms with van der Waals surface area (Å²) in [5.41, 5.74) is 2.06. The number of fused-ring (bicyclic) bond motifs is 1. The van der Waals surface area contributed by atoms with Crippen LogP contribution in [0.5, 0.6) is 0 Å². The Morgan fingerprint density at radius 3 is 2.88 bits per heavy atom. The number of aryl methyl sites for hydroxylation is 1. The molecule has 1 saturated heterocycles. The van der Waals surface area contributed by atoms with Gasteiger partial charge in [0.05, 0.1) is 16.8 Å². The number of amides is 1. The van der Waals surface area contributed by atoms with Crippen LogP contribution in [0.1, 0.15) is 22.5 Å². The molecule has 0 spiro atoms. The van der Waals surface area contributed by atoms with Gasteiger partial charge in [0, 0.05) is 35.2 Å². The molecule has 0 bridgehead atoms. The van der Waals surface area contributed by atoms with E-state index in [4.69, 9.17) is 0 Å². The number of hydrogen-bond donors (Lipinski definition) is 1. The Balaban J connectivity index is 1.75. The van der Waals surface area contributed by atoms with Gasteiger partial charge in [-0.05, 0) is 37.6 Å². The van der Waals surface area contributed by atoms with Crippen LogP contribution in [-0.2, 0) is 10.0 Å². The highest BCUT2D eigenvalue weighted by Gasteiger charge is 2.27. The number of rotatable bonds is 4. The molecule has 2 heterocycles. The van der Waals surface area contributed by atoms with Crippen molar-refractivity contribution in [1.29, 1.82) is 0 Å². The number of sulfonamides is 1. The largest absolute Gasteiger partial charge is 0.351 e. The first-order valence-corrected chi connectivity index (χ1v) is 10.1. The zero-order valence-electron chi connectivity index (χ0n) is 13.3. The third kappa shape index (κ3) is 3.60. The van der Waals surface area contributed by atoms with E-state index < -0.39 is 10.0 Å². The molecule has 0 unspecified atom stereocenters. The molecule has 8 heteroatoms. The quantitative estimate of drug-likeness (QED) is 0.834. The normalized spacial score (nSPS) is 17.2. The van der Waals surface area contributed by atoms with Crippen LogP contribution in [0.3, 0.4) is 0 Å². The lowest BCUT2D eigenvalue weighted by Crippen LogP contribution is -2.36. The van der Waals surface area contributed by atoms with Gasteiger partial charge in [-0.1, -0.05) is 15.9 Å². The van der Waals surface area contributed by atoms with Crippen molar-refractivity contribution < 1.29 is 13.2 Å². The van der Waals surface area contributed by atoms with Gasteiger partial charge in [-0.25, -0.2) is 12.7 Å². The Bertz CT molecular complexity index is 899. The van der Waals surface area contributed by atoms with E-state index in [1.54, 1.807) is 6.07 Å². The highest BCUT2D eigenvalue weighted by Crippen LogP contribution is 2.23. The Hall–Kier alpha value is -1.51. The first-order valence-electron chi connectivity index (χ1n) is 7.70.